The van der Waals surface area contributed by atoms with Gasteiger partial charge in [0.05, 0.1) is 19.3 Å². The number of rotatable bonds is 7. The number of hydrazone groups is 1. The summed E-state index contributed by atoms with van der Waals surface area (Å²) in [6, 6.07) is 0. The summed E-state index contributed by atoms with van der Waals surface area (Å²) in [6.07, 6.45) is 7.45. The second-order valence-corrected chi connectivity index (χ2v) is 6.98. The van der Waals surface area contributed by atoms with E-state index < -0.39 is 0 Å². The zero-order chi connectivity index (χ0) is 16.0. The van der Waals surface area contributed by atoms with E-state index in [1.165, 1.54) is 25.0 Å². The number of methoxy groups -OCH3 is 1. The molecule has 0 spiro atoms. The first kappa shape index (κ1) is 17.7. The molecule has 2 aliphatic rings. The fraction of sp³-hybridized carbons (Fsp3) is 0.941. The third-order valence-electron chi connectivity index (χ3n) is 5.20. The van der Waals surface area contributed by atoms with E-state index in [1.54, 1.807) is 7.11 Å². The summed E-state index contributed by atoms with van der Waals surface area (Å²) in [5.74, 6) is 0.692. The van der Waals surface area contributed by atoms with Crippen LogP contribution < -0.4 is 0 Å². The predicted octanol–water partition coefficient (Wildman–Crippen LogP) is 2.90. The summed E-state index contributed by atoms with van der Waals surface area (Å²) in [5.41, 5.74) is 1.66. The Balaban J connectivity index is 1.85. The zero-order valence-corrected chi connectivity index (χ0v) is 14.6. The quantitative estimate of drug-likeness (QED) is 0.412. The van der Waals surface area contributed by atoms with Gasteiger partial charge < -0.3 is 19.2 Å². The van der Waals surface area contributed by atoms with Crippen LogP contribution in [0.1, 0.15) is 45.4 Å². The minimum atomic E-state index is 0.263. The Bertz CT molecular complexity index is 373. The van der Waals surface area contributed by atoms with Crippen LogP contribution >= 0.6 is 0 Å². The summed E-state index contributed by atoms with van der Waals surface area (Å²) in [6.45, 7) is 4.02. The van der Waals surface area contributed by atoms with E-state index >= 15 is 0 Å². The lowest BCUT2D eigenvalue weighted by Crippen LogP contribution is -2.46. The second kappa shape index (κ2) is 8.27. The van der Waals surface area contributed by atoms with Gasteiger partial charge in [-0.25, -0.2) is 0 Å². The highest BCUT2D eigenvalue weighted by molar-refractivity contribution is 5.90. The molecule has 0 amide bonds. The van der Waals surface area contributed by atoms with Crippen LogP contribution in [0, 0.1) is 11.3 Å². The molecule has 0 aliphatic heterocycles. The molecule has 0 radical (unpaired) electrons. The predicted molar refractivity (Wildman–Crippen MR) is 88.0 cm³/mol. The number of hydrogen-bond donors (Lipinski definition) is 0. The molecule has 0 unspecified atom stereocenters. The van der Waals surface area contributed by atoms with Crippen LogP contribution in [-0.2, 0) is 14.2 Å². The van der Waals surface area contributed by atoms with Gasteiger partial charge in [0, 0.05) is 32.3 Å². The third-order valence-corrected chi connectivity index (χ3v) is 5.20. The highest BCUT2D eigenvalue weighted by Gasteiger charge is 2.45. The normalized spacial score (nSPS) is 33.7. The van der Waals surface area contributed by atoms with Crippen LogP contribution in [0.4, 0.5) is 0 Å². The standard InChI is InChI=1S/C17H32N2O3/c1-17-9-8-15(22-13-21-11-10-20-4)12-14(17)6-5-7-16(17)18-19(2)3/h14-15H,5-13H2,1-4H3/b18-16-/t14-,15+,17-/m0/s1. The summed E-state index contributed by atoms with van der Waals surface area (Å²) in [7, 11) is 5.72. The highest BCUT2D eigenvalue weighted by atomic mass is 16.7. The van der Waals surface area contributed by atoms with E-state index in [2.05, 4.69) is 6.92 Å². The van der Waals surface area contributed by atoms with Crippen LogP contribution in [-0.4, -0.2) is 58.0 Å². The summed E-state index contributed by atoms with van der Waals surface area (Å²) in [4.78, 5) is 0. The first-order valence-corrected chi connectivity index (χ1v) is 8.50. The highest BCUT2D eigenvalue weighted by Crippen LogP contribution is 2.49. The van der Waals surface area contributed by atoms with E-state index in [9.17, 15) is 0 Å². The number of nitrogens with zero attached hydrogens (tertiary/aromatic N) is 2. The molecule has 2 aliphatic carbocycles. The smallest absolute Gasteiger partial charge is 0.147 e. The molecule has 5 nitrogen and oxygen atoms in total. The fourth-order valence-electron chi connectivity index (χ4n) is 3.88. The summed E-state index contributed by atoms with van der Waals surface area (Å²) in [5, 5.41) is 6.74. The summed E-state index contributed by atoms with van der Waals surface area (Å²) < 4.78 is 16.3. The molecule has 0 aromatic rings. The third kappa shape index (κ3) is 4.43. The monoisotopic (exact) mass is 312 g/mol. The van der Waals surface area contributed by atoms with Crippen molar-refractivity contribution < 1.29 is 14.2 Å². The molecule has 0 saturated heterocycles. The molecule has 0 N–H and O–H groups in total. The lowest BCUT2D eigenvalue weighted by molar-refractivity contribution is -0.119. The van der Waals surface area contributed by atoms with Crippen LogP contribution in [0.25, 0.3) is 0 Å². The molecular weight excluding hydrogens is 280 g/mol. The molecule has 0 bridgehead atoms. The van der Waals surface area contributed by atoms with Gasteiger partial charge in [-0.2, -0.15) is 5.10 Å². The van der Waals surface area contributed by atoms with Gasteiger partial charge in [-0.3, -0.25) is 0 Å². The SMILES string of the molecule is COCCOCO[C@@H]1CC[C@]2(C)/C(=N\N(C)C)CCC[C@H]2C1. The van der Waals surface area contributed by atoms with Gasteiger partial charge in [0.25, 0.3) is 0 Å². The van der Waals surface area contributed by atoms with Crippen molar-refractivity contribution >= 4 is 5.71 Å². The number of hydrogen-bond acceptors (Lipinski definition) is 5. The maximum Gasteiger partial charge on any atom is 0.147 e. The summed E-state index contributed by atoms with van der Waals surface area (Å²) >= 11 is 0. The Morgan fingerprint density at radius 3 is 2.82 bits per heavy atom. The molecule has 5 heteroatoms. The fourth-order valence-corrected chi connectivity index (χ4v) is 3.88. The minimum Gasteiger partial charge on any atom is -0.382 e. The zero-order valence-electron chi connectivity index (χ0n) is 14.6. The van der Waals surface area contributed by atoms with E-state index in [-0.39, 0.29) is 5.41 Å². The molecule has 128 valence electrons. The van der Waals surface area contributed by atoms with Gasteiger partial charge in [0.15, 0.2) is 0 Å². The Labute approximate surface area is 135 Å². The van der Waals surface area contributed by atoms with Gasteiger partial charge in [0.2, 0.25) is 0 Å². The van der Waals surface area contributed by atoms with Crippen molar-refractivity contribution in [2.45, 2.75) is 51.6 Å². The molecule has 2 fully saturated rings. The molecule has 2 rings (SSSR count). The van der Waals surface area contributed by atoms with Gasteiger partial charge in [-0.05, 0) is 44.4 Å². The molecular formula is C17H32N2O3. The van der Waals surface area contributed by atoms with E-state index in [1.807, 2.05) is 19.1 Å². The van der Waals surface area contributed by atoms with Gasteiger partial charge in [0.1, 0.15) is 6.79 Å². The Morgan fingerprint density at radius 1 is 1.27 bits per heavy atom. The van der Waals surface area contributed by atoms with Crippen molar-refractivity contribution in [1.29, 1.82) is 0 Å². The largest absolute Gasteiger partial charge is 0.382 e. The van der Waals surface area contributed by atoms with E-state index in [0.717, 1.165) is 19.3 Å². The van der Waals surface area contributed by atoms with Crippen molar-refractivity contribution in [3.05, 3.63) is 0 Å². The average Bonchev–Trinajstić information content (AvgIpc) is 2.48. The van der Waals surface area contributed by atoms with E-state index in [0.29, 0.717) is 32.0 Å². The Hall–Kier alpha value is -0.650. The first-order valence-electron chi connectivity index (χ1n) is 8.50. The maximum atomic E-state index is 5.91. The number of ether oxygens (including phenoxy) is 3. The maximum absolute atomic E-state index is 5.91. The molecule has 0 aromatic heterocycles. The van der Waals surface area contributed by atoms with E-state index in [4.69, 9.17) is 19.3 Å². The van der Waals surface area contributed by atoms with Gasteiger partial charge >= 0.3 is 0 Å². The van der Waals surface area contributed by atoms with Crippen molar-refractivity contribution in [2.75, 3.05) is 41.2 Å². The molecule has 0 aromatic carbocycles. The van der Waals surface area contributed by atoms with Crippen LogP contribution in [0.3, 0.4) is 0 Å². The van der Waals surface area contributed by atoms with Crippen LogP contribution in [0.5, 0.6) is 0 Å². The van der Waals surface area contributed by atoms with Gasteiger partial charge in [-0.1, -0.05) is 6.92 Å². The lowest BCUT2D eigenvalue weighted by Gasteiger charge is -2.48. The van der Waals surface area contributed by atoms with Crippen molar-refractivity contribution in [1.82, 2.24) is 5.01 Å². The molecule has 22 heavy (non-hydrogen) atoms. The Morgan fingerprint density at radius 2 is 2.09 bits per heavy atom. The molecule has 0 heterocycles. The average molecular weight is 312 g/mol. The van der Waals surface area contributed by atoms with Crippen LogP contribution in [0.15, 0.2) is 5.10 Å². The lowest BCUT2D eigenvalue weighted by atomic mass is 9.59. The van der Waals surface area contributed by atoms with Crippen molar-refractivity contribution in [2.24, 2.45) is 16.4 Å². The van der Waals surface area contributed by atoms with Crippen molar-refractivity contribution in [3.8, 4) is 0 Å². The molecule has 3 atom stereocenters. The molecule has 2 saturated carbocycles. The second-order valence-electron chi connectivity index (χ2n) is 6.98. The van der Waals surface area contributed by atoms with Crippen LogP contribution in [0.2, 0.25) is 0 Å². The number of fused-ring (bicyclic) bond motifs is 1. The minimum absolute atomic E-state index is 0.263. The van der Waals surface area contributed by atoms with Gasteiger partial charge in [-0.15, -0.1) is 0 Å². The topological polar surface area (TPSA) is 43.3 Å². The van der Waals surface area contributed by atoms with Crippen molar-refractivity contribution in [3.63, 3.8) is 0 Å². The Kier molecular flexibility index (Phi) is 6.66. The first-order chi connectivity index (χ1) is 10.6.